The molecule has 6 heteroatoms. The van der Waals surface area contributed by atoms with Gasteiger partial charge >= 0.3 is 0 Å². The highest BCUT2D eigenvalue weighted by Gasteiger charge is 2.20. The Balaban J connectivity index is 2.14. The fourth-order valence-electron chi connectivity index (χ4n) is 2.21. The first kappa shape index (κ1) is 13.5. The molecule has 1 aliphatic heterocycles. The van der Waals surface area contributed by atoms with Crippen LogP contribution >= 0.6 is 15.9 Å². The number of rotatable bonds is 4. The van der Waals surface area contributed by atoms with Crippen molar-refractivity contribution in [3.8, 4) is 0 Å². The van der Waals surface area contributed by atoms with Gasteiger partial charge in [0, 0.05) is 19.1 Å². The summed E-state index contributed by atoms with van der Waals surface area (Å²) in [5.74, 6) is 0. The molecule has 5 nitrogen and oxygen atoms in total. The fourth-order valence-corrected chi connectivity index (χ4v) is 2.63. The molecule has 1 fully saturated rings. The van der Waals surface area contributed by atoms with Gasteiger partial charge in [0.15, 0.2) is 0 Å². The third kappa shape index (κ3) is 2.92. The summed E-state index contributed by atoms with van der Waals surface area (Å²) in [5.41, 5.74) is 0.737. The molecule has 1 aromatic rings. The molecule has 0 aromatic carbocycles. The van der Waals surface area contributed by atoms with Crippen molar-refractivity contribution >= 4 is 21.6 Å². The number of aromatic nitrogens is 2. The molecule has 2 heterocycles. The van der Waals surface area contributed by atoms with Crippen molar-refractivity contribution in [2.75, 3.05) is 25.5 Å². The van der Waals surface area contributed by atoms with Crippen LogP contribution < -0.4 is 10.9 Å². The smallest absolute Gasteiger partial charge is 0.283 e. The van der Waals surface area contributed by atoms with Crippen LogP contribution in [0.2, 0.25) is 0 Å². The number of likely N-dealkylation sites (tertiary alicyclic amines) is 1. The number of halogens is 1. The van der Waals surface area contributed by atoms with Gasteiger partial charge in [0.2, 0.25) is 0 Å². The molecule has 18 heavy (non-hydrogen) atoms. The Hall–Kier alpha value is -0.880. The van der Waals surface area contributed by atoms with Crippen LogP contribution in [0.15, 0.2) is 15.5 Å². The van der Waals surface area contributed by atoms with Crippen LogP contribution in [-0.4, -0.2) is 40.9 Å². The third-order valence-electron chi connectivity index (χ3n) is 3.17. The molecule has 100 valence electrons. The first-order chi connectivity index (χ1) is 8.61. The molecular weight excluding hydrogens is 296 g/mol. The van der Waals surface area contributed by atoms with Gasteiger partial charge in [-0.3, -0.25) is 4.79 Å². The number of hydrogen-bond acceptors (Lipinski definition) is 4. The predicted octanol–water partition coefficient (Wildman–Crippen LogP) is 1.53. The van der Waals surface area contributed by atoms with E-state index in [0.717, 1.165) is 31.6 Å². The van der Waals surface area contributed by atoms with E-state index in [2.05, 4.69) is 38.3 Å². The maximum atomic E-state index is 12.0. The highest BCUT2D eigenvalue weighted by Crippen LogP contribution is 2.20. The zero-order valence-corrected chi connectivity index (χ0v) is 12.4. The number of anilines is 1. The lowest BCUT2D eigenvalue weighted by atomic mass is 10.2. The van der Waals surface area contributed by atoms with Crippen molar-refractivity contribution in [1.29, 1.82) is 0 Å². The molecule has 1 saturated heterocycles. The second-order valence-corrected chi connectivity index (χ2v) is 5.59. The first-order valence-electron chi connectivity index (χ1n) is 6.32. The summed E-state index contributed by atoms with van der Waals surface area (Å²) in [6.45, 7) is 4.78. The van der Waals surface area contributed by atoms with E-state index in [0.29, 0.717) is 17.1 Å². The van der Waals surface area contributed by atoms with Crippen molar-refractivity contribution in [2.24, 2.45) is 0 Å². The van der Waals surface area contributed by atoms with Crippen molar-refractivity contribution < 1.29 is 0 Å². The molecule has 0 bridgehead atoms. The molecule has 1 atom stereocenters. The predicted molar refractivity (Wildman–Crippen MR) is 76.0 cm³/mol. The minimum absolute atomic E-state index is 0.0619. The molecule has 0 amide bonds. The molecule has 0 spiro atoms. The maximum Gasteiger partial charge on any atom is 0.283 e. The van der Waals surface area contributed by atoms with Gasteiger partial charge in [0.1, 0.15) is 4.47 Å². The van der Waals surface area contributed by atoms with Crippen molar-refractivity contribution in [2.45, 2.75) is 32.4 Å². The Morgan fingerprint density at radius 2 is 2.39 bits per heavy atom. The summed E-state index contributed by atoms with van der Waals surface area (Å²) in [6.07, 6.45) is 3.74. The molecule has 2 rings (SSSR count). The molecule has 0 aliphatic carbocycles. The summed E-state index contributed by atoms with van der Waals surface area (Å²) in [6, 6.07) is 0.398. The number of aryl methyl sites for hydroxylation is 1. The van der Waals surface area contributed by atoms with Crippen LogP contribution in [-0.2, 0) is 6.54 Å². The summed E-state index contributed by atoms with van der Waals surface area (Å²) in [5, 5.41) is 7.57. The summed E-state index contributed by atoms with van der Waals surface area (Å²) >= 11 is 3.37. The van der Waals surface area contributed by atoms with Gasteiger partial charge in [-0.05, 0) is 42.4 Å². The van der Waals surface area contributed by atoms with Crippen molar-refractivity contribution in [1.82, 2.24) is 14.7 Å². The highest BCUT2D eigenvalue weighted by atomic mass is 79.9. The molecule has 1 unspecified atom stereocenters. The topological polar surface area (TPSA) is 50.2 Å². The molecule has 1 N–H and O–H groups in total. The van der Waals surface area contributed by atoms with Crippen molar-refractivity contribution in [3.05, 3.63) is 21.0 Å². The summed E-state index contributed by atoms with van der Waals surface area (Å²) < 4.78 is 2.08. The van der Waals surface area contributed by atoms with E-state index in [1.165, 1.54) is 4.68 Å². The molecule has 0 radical (unpaired) electrons. The summed E-state index contributed by atoms with van der Waals surface area (Å²) in [7, 11) is 2.11. The van der Waals surface area contributed by atoms with Crippen LogP contribution in [0.3, 0.4) is 0 Å². The van der Waals surface area contributed by atoms with Gasteiger partial charge in [-0.2, -0.15) is 5.10 Å². The van der Waals surface area contributed by atoms with E-state index in [9.17, 15) is 4.79 Å². The largest absolute Gasteiger partial charge is 0.379 e. The average Bonchev–Trinajstić information content (AvgIpc) is 2.75. The molecular formula is C12H19BrN4O. The lowest BCUT2D eigenvalue weighted by Gasteiger charge is -2.15. The van der Waals surface area contributed by atoms with Crippen molar-refractivity contribution in [3.63, 3.8) is 0 Å². The van der Waals surface area contributed by atoms with E-state index in [-0.39, 0.29) is 5.56 Å². The van der Waals surface area contributed by atoms with E-state index in [1.807, 2.05) is 6.92 Å². The molecule has 0 saturated carbocycles. The first-order valence-corrected chi connectivity index (χ1v) is 7.11. The normalized spacial score (nSPS) is 20.3. The average molecular weight is 315 g/mol. The SMILES string of the molecule is CCCn1ncc(NC2CCN(C)C2)c(Br)c1=O. The molecule has 1 aliphatic rings. The minimum Gasteiger partial charge on any atom is -0.379 e. The van der Waals surface area contributed by atoms with Gasteiger partial charge in [0.25, 0.3) is 5.56 Å². The maximum absolute atomic E-state index is 12.0. The Kier molecular flexibility index (Phi) is 4.40. The van der Waals surface area contributed by atoms with E-state index < -0.39 is 0 Å². The second-order valence-electron chi connectivity index (χ2n) is 4.79. The number of nitrogens with zero attached hydrogens (tertiary/aromatic N) is 3. The monoisotopic (exact) mass is 314 g/mol. The van der Waals surface area contributed by atoms with Gasteiger partial charge in [0.05, 0.1) is 11.9 Å². The second kappa shape index (κ2) is 5.84. The van der Waals surface area contributed by atoms with Crippen LogP contribution in [0.25, 0.3) is 0 Å². The lowest BCUT2D eigenvalue weighted by molar-refractivity contribution is 0.414. The Labute approximate surface area is 115 Å². The van der Waals surface area contributed by atoms with Crippen LogP contribution in [0.5, 0.6) is 0 Å². The van der Waals surface area contributed by atoms with Gasteiger partial charge in [-0.15, -0.1) is 0 Å². The number of hydrogen-bond donors (Lipinski definition) is 1. The minimum atomic E-state index is -0.0619. The Morgan fingerprint density at radius 3 is 3.00 bits per heavy atom. The lowest BCUT2D eigenvalue weighted by Crippen LogP contribution is -2.28. The van der Waals surface area contributed by atoms with Gasteiger partial charge < -0.3 is 10.2 Å². The third-order valence-corrected chi connectivity index (χ3v) is 3.94. The van der Waals surface area contributed by atoms with Gasteiger partial charge in [-0.25, -0.2) is 4.68 Å². The van der Waals surface area contributed by atoms with E-state index in [4.69, 9.17) is 0 Å². The molecule has 1 aromatic heterocycles. The van der Waals surface area contributed by atoms with Crippen LogP contribution in [0.1, 0.15) is 19.8 Å². The van der Waals surface area contributed by atoms with Gasteiger partial charge in [-0.1, -0.05) is 6.92 Å². The standard InChI is InChI=1S/C12H19BrN4O/c1-3-5-17-12(18)11(13)10(7-14-17)15-9-4-6-16(2)8-9/h7,9,15H,3-6,8H2,1-2H3. The highest BCUT2D eigenvalue weighted by molar-refractivity contribution is 9.10. The fraction of sp³-hybridized carbons (Fsp3) is 0.667. The summed E-state index contributed by atoms with van der Waals surface area (Å²) in [4.78, 5) is 14.3. The quantitative estimate of drug-likeness (QED) is 0.915. The number of likely N-dealkylation sites (N-methyl/N-ethyl adjacent to an activating group) is 1. The zero-order valence-electron chi connectivity index (χ0n) is 10.8. The Morgan fingerprint density at radius 1 is 1.61 bits per heavy atom. The zero-order chi connectivity index (χ0) is 13.1. The van der Waals surface area contributed by atoms with Crippen LogP contribution in [0.4, 0.5) is 5.69 Å². The van der Waals surface area contributed by atoms with E-state index >= 15 is 0 Å². The number of nitrogens with one attached hydrogen (secondary N) is 1. The Bertz CT molecular complexity index is 474. The van der Waals surface area contributed by atoms with Crippen LogP contribution in [0, 0.1) is 0 Å². The van der Waals surface area contributed by atoms with E-state index in [1.54, 1.807) is 6.20 Å².